The van der Waals surface area contributed by atoms with E-state index in [1.54, 1.807) is 7.05 Å². The summed E-state index contributed by atoms with van der Waals surface area (Å²) in [6, 6.07) is 1.99. The molecule has 4 N–H and O–H groups in total. The molecule has 15 heavy (non-hydrogen) atoms. The van der Waals surface area contributed by atoms with E-state index in [9.17, 15) is 0 Å². The molecule has 0 aromatic carbocycles. The highest BCUT2D eigenvalue weighted by Crippen LogP contribution is 2.25. The maximum Gasteiger partial charge on any atom is 0.137 e. The number of hydrogen-bond acceptors (Lipinski definition) is 3. The zero-order valence-corrected chi connectivity index (χ0v) is 9.68. The molecule has 0 aliphatic carbocycles. The largest absolute Gasteiger partial charge is 0.384 e. The Morgan fingerprint density at radius 3 is 2.53 bits per heavy atom. The van der Waals surface area contributed by atoms with Crippen LogP contribution in [0.15, 0.2) is 6.07 Å². The summed E-state index contributed by atoms with van der Waals surface area (Å²) in [6.45, 7) is 6.11. The summed E-state index contributed by atoms with van der Waals surface area (Å²) in [7, 11) is 1.79. The molecule has 0 radical (unpaired) electrons. The fourth-order valence-corrected chi connectivity index (χ4v) is 1.62. The van der Waals surface area contributed by atoms with Gasteiger partial charge in [-0.15, -0.1) is 0 Å². The van der Waals surface area contributed by atoms with Gasteiger partial charge in [0.1, 0.15) is 11.7 Å². The summed E-state index contributed by atoms with van der Waals surface area (Å²) in [5.74, 6) is 1.08. The van der Waals surface area contributed by atoms with E-state index in [2.05, 4.69) is 24.1 Å². The predicted molar refractivity (Wildman–Crippen MR) is 63.6 cm³/mol. The van der Waals surface area contributed by atoms with Crippen molar-refractivity contribution in [3.8, 4) is 0 Å². The Morgan fingerprint density at radius 1 is 1.53 bits per heavy atom. The SMILES string of the molecule is CNc1nc(C)cc(C(C)C)c1C(=N)N. The standard InChI is InChI=1S/C11H18N4/c1-6(2)8-5-7(3)15-11(14-4)9(8)10(12)13/h5-6H,1-4H3,(H3,12,13)(H,14,15). The van der Waals surface area contributed by atoms with Gasteiger partial charge in [-0.1, -0.05) is 13.8 Å². The van der Waals surface area contributed by atoms with Crippen LogP contribution in [0.1, 0.15) is 36.6 Å². The second-order valence-electron chi connectivity index (χ2n) is 3.89. The van der Waals surface area contributed by atoms with Gasteiger partial charge in [0.2, 0.25) is 0 Å². The Hall–Kier alpha value is -1.58. The third kappa shape index (κ3) is 2.26. The molecule has 0 saturated heterocycles. The summed E-state index contributed by atoms with van der Waals surface area (Å²) in [5, 5.41) is 10.6. The van der Waals surface area contributed by atoms with Gasteiger partial charge in [0.05, 0.1) is 5.56 Å². The quantitative estimate of drug-likeness (QED) is 0.522. The van der Waals surface area contributed by atoms with Gasteiger partial charge in [-0.25, -0.2) is 4.98 Å². The highest BCUT2D eigenvalue weighted by atomic mass is 15.0. The number of amidine groups is 1. The molecule has 0 amide bonds. The van der Waals surface area contributed by atoms with Crippen molar-refractivity contribution in [2.75, 3.05) is 12.4 Å². The molecular formula is C11H18N4. The van der Waals surface area contributed by atoms with Crippen LogP contribution in [-0.4, -0.2) is 17.9 Å². The highest BCUT2D eigenvalue weighted by Gasteiger charge is 2.15. The molecule has 0 unspecified atom stereocenters. The zero-order chi connectivity index (χ0) is 11.6. The Morgan fingerprint density at radius 2 is 2.13 bits per heavy atom. The molecule has 0 bridgehead atoms. The molecule has 1 aromatic rings. The number of pyridine rings is 1. The van der Waals surface area contributed by atoms with Crippen LogP contribution in [0.25, 0.3) is 0 Å². The molecule has 82 valence electrons. The highest BCUT2D eigenvalue weighted by molar-refractivity contribution is 6.01. The second-order valence-corrected chi connectivity index (χ2v) is 3.89. The molecule has 4 heteroatoms. The third-order valence-corrected chi connectivity index (χ3v) is 2.31. The first kappa shape index (κ1) is 11.5. The van der Waals surface area contributed by atoms with Crippen LogP contribution in [0.2, 0.25) is 0 Å². The number of hydrogen-bond donors (Lipinski definition) is 3. The molecule has 0 fully saturated rings. The first-order valence-corrected chi connectivity index (χ1v) is 5.01. The minimum Gasteiger partial charge on any atom is -0.384 e. The lowest BCUT2D eigenvalue weighted by Gasteiger charge is -2.16. The number of nitrogen functional groups attached to an aromatic ring is 1. The van der Waals surface area contributed by atoms with Crippen molar-refractivity contribution >= 4 is 11.7 Å². The third-order valence-electron chi connectivity index (χ3n) is 2.31. The molecule has 0 spiro atoms. The summed E-state index contributed by atoms with van der Waals surface area (Å²) in [4.78, 5) is 4.32. The van der Waals surface area contributed by atoms with Gasteiger partial charge in [0.25, 0.3) is 0 Å². The maximum absolute atomic E-state index is 7.58. The first-order valence-electron chi connectivity index (χ1n) is 5.01. The average molecular weight is 206 g/mol. The van der Waals surface area contributed by atoms with Crippen LogP contribution in [0.3, 0.4) is 0 Å². The van der Waals surface area contributed by atoms with E-state index in [1.807, 2.05) is 13.0 Å². The van der Waals surface area contributed by atoms with E-state index in [0.717, 1.165) is 16.8 Å². The van der Waals surface area contributed by atoms with Crippen LogP contribution in [0, 0.1) is 12.3 Å². The molecule has 0 aliphatic heterocycles. The van der Waals surface area contributed by atoms with Gasteiger partial charge >= 0.3 is 0 Å². The van der Waals surface area contributed by atoms with Crippen LogP contribution < -0.4 is 11.1 Å². The molecule has 1 rings (SSSR count). The Kier molecular flexibility index (Phi) is 3.29. The molecule has 0 saturated carbocycles. The molecule has 0 atom stereocenters. The molecular weight excluding hydrogens is 188 g/mol. The molecule has 1 aromatic heterocycles. The van der Waals surface area contributed by atoms with E-state index in [-0.39, 0.29) is 5.84 Å². The van der Waals surface area contributed by atoms with Crippen LogP contribution in [0.4, 0.5) is 5.82 Å². The van der Waals surface area contributed by atoms with Gasteiger partial charge < -0.3 is 11.1 Å². The van der Waals surface area contributed by atoms with Gasteiger partial charge in [-0.05, 0) is 24.5 Å². The van der Waals surface area contributed by atoms with Crippen molar-refractivity contribution in [1.82, 2.24) is 4.98 Å². The van der Waals surface area contributed by atoms with E-state index < -0.39 is 0 Å². The Balaban J connectivity index is 3.47. The lowest BCUT2D eigenvalue weighted by Crippen LogP contribution is -2.18. The summed E-state index contributed by atoms with van der Waals surface area (Å²) < 4.78 is 0. The Bertz CT molecular complexity index is 382. The predicted octanol–water partition coefficient (Wildman–Crippen LogP) is 1.84. The zero-order valence-electron chi connectivity index (χ0n) is 9.68. The monoisotopic (exact) mass is 206 g/mol. The van der Waals surface area contributed by atoms with E-state index >= 15 is 0 Å². The van der Waals surface area contributed by atoms with E-state index in [1.165, 1.54) is 0 Å². The number of nitrogens with one attached hydrogen (secondary N) is 2. The molecule has 0 aliphatic rings. The van der Waals surface area contributed by atoms with Crippen molar-refractivity contribution in [2.45, 2.75) is 26.7 Å². The maximum atomic E-state index is 7.58. The Labute approximate surface area is 90.4 Å². The second kappa shape index (κ2) is 4.29. The minimum atomic E-state index is 0.0653. The number of aryl methyl sites for hydroxylation is 1. The van der Waals surface area contributed by atoms with Crippen LogP contribution in [0.5, 0.6) is 0 Å². The van der Waals surface area contributed by atoms with Gasteiger partial charge in [-0.3, -0.25) is 5.41 Å². The van der Waals surface area contributed by atoms with Crippen LogP contribution >= 0.6 is 0 Å². The number of rotatable bonds is 3. The number of nitrogens with zero attached hydrogens (tertiary/aromatic N) is 1. The minimum absolute atomic E-state index is 0.0653. The van der Waals surface area contributed by atoms with Gasteiger partial charge in [0.15, 0.2) is 0 Å². The fraction of sp³-hybridized carbons (Fsp3) is 0.455. The van der Waals surface area contributed by atoms with Crippen molar-refractivity contribution < 1.29 is 0 Å². The van der Waals surface area contributed by atoms with Crippen molar-refractivity contribution in [2.24, 2.45) is 5.73 Å². The normalized spacial score (nSPS) is 10.5. The number of nitrogens with two attached hydrogens (primary N) is 1. The van der Waals surface area contributed by atoms with E-state index in [4.69, 9.17) is 11.1 Å². The van der Waals surface area contributed by atoms with E-state index in [0.29, 0.717) is 11.7 Å². The lowest BCUT2D eigenvalue weighted by atomic mass is 9.96. The topological polar surface area (TPSA) is 74.8 Å². The fourth-order valence-electron chi connectivity index (χ4n) is 1.62. The summed E-state index contributed by atoms with van der Waals surface area (Å²) in [5.41, 5.74) is 8.31. The van der Waals surface area contributed by atoms with Crippen molar-refractivity contribution in [1.29, 1.82) is 5.41 Å². The van der Waals surface area contributed by atoms with Crippen LogP contribution in [-0.2, 0) is 0 Å². The van der Waals surface area contributed by atoms with Crippen molar-refractivity contribution in [3.63, 3.8) is 0 Å². The van der Waals surface area contributed by atoms with Crippen molar-refractivity contribution in [3.05, 3.63) is 22.9 Å². The molecule has 1 heterocycles. The lowest BCUT2D eigenvalue weighted by molar-refractivity contribution is 0.856. The summed E-state index contributed by atoms with van der Waals surface area (Å²) >= 11 is 0. The molecule has 4 nitrogen and oxygen atoms in total. The number of anilines is 1. The first-order chi connectivity index (χ1) is 6.97. The smallest absolute Gasteiger partial charge is 0.137 e. The number of aromatic nitrogens is 1. The summed E-state index contributed by atoms with van der Waals surface area (Å²) in [6.07, 6.45) is 0. The van der Waals surface area contributed by atoms with Gasteiger partial charge in [0, 0.05) is 12.7 Å². The van der Waals surface area contributed by atoms with Gasteiger partial charge in [-0.2, -0.15) is 0 Å². The average Bonchev–Trinajstić information content (AvgIpc) is 2.15.